The van der Waals surface area contributed by atoms with Gasteiger partial charge in [0.15, 0.2) is 0 Å². The highest BCUT2D eigenvalue weighted by atomic mass is 16.2. The first-order valence-electron chi connectivity index (χ1n) is 10.9. The maximum atomic E-state index is 13.3. The summed E-state index contributed by atoms with van der Waals surface area (Å²) in [6.45, 7) is 5.87. The van der Waals surface area contributed by atoms with Gasteiger partial charge in [0.1, 0.15) is 11.6 Å². The lowest BCUT2D eigenvalue weighted by Gasteiger charge is -2.35. The molecule has 1 aliphatic carbocycles. The number of amides is 2. The molecule has 0 radical (unpaired) electrons. The lowest BCUT2D eigenvalue weighted by Crippen LogP contribution is -2.46. The molecule has 1 N–H and O–H groups in total. The Morgan fingerprint density at radius 2 is 1.87 bits per heavy atom. The fraction of sp³-hybridized carbons (Fsp3) is 0.522. The number of nitrogens with zero attached hydrogens (tertiary/aromatic N) is 5. The number of aromatic nitrogens is 2. The molecule has 2 fully saturated rings. The van der Waals surface area contributed by atoms with Gasteiger partial charge in [-0.2, -0.15) is 0 Å². The standard InChI is InChI=1S/C23H30N6O/c1-14-11-16(12-15(2)24-14)25-23(30)29-20-7-5-18(20)19-6-8-21(26-22(19)29)28-10-9-17(13-28)27(3)4/h6,8,11-12,17-18,20H,5,7,9-10,13H2,1-4H3,(H,24,25,30)/t17-,18?,20?/m0/s1. The van der Waals surface area contributed by atoms with E-state index in [-0.39, 0.29) is 12.1 Å². The molecule has 2 aromatic rings. The summed E-state index contributed by atoms with van der Waals surface area (Å²) in [6, 6.07) is 8.85. The molecule has 2 aromatic heterocycles. The van der Waals surface area contributed by atoms with Crippen LogP contribution in [0.25, 0.3) is 0 Å². The van der Waals surface area contributed by atoms with Crippen LogP contribution in [0.3, 0.4) is 0 Å². The number of likely N-dealkylation sites (N-methyl/N-ethyl adjacent to an activating group) is 1. The molecule has 2 amide bonds. The number of pyridine rings is 2. The highest BCUT2D eigenvalue weighted by Crippen LogP contribution is 2.51. The van der Waals surface area contributed by atoms with Gasteiger partial charge in [0.05, 0.1) is 0 Å². The van der Waals surface area contributed by atoms with E-state index in [9.17, 15) is 4.79 Å². The first-order valence-corrected chi connectivity index (χ1v) is 10.9. The van der Waals surface area contributed by atoms with Crippen molar-refractivity contribution < 1.29 is 4.79 Å². The van der Waals surface area contributed by atoms with Crippen LogP contribution in [0.5, 0.6) is 0 Å². The summed E-state index contributed by atoms with van der Waals surface area (Å²) in [4.78, 5) is 29.2. The summed E-state index contributed by atoms with van der Waals surface area (Å²) >= 11 is 0. The first kappa shape index (κ1) is 19.3. The zero-order valence-electron chi connectivity index (χ0n) is 18.2. The molecule has 2 aliphatic heterocycles. The molecule has 2 unspecified atom stereocenters. The second-order valence-corrected chi connectivity index (χ2v) is 9.12. The van der Waals surface area contributed by atoms with Crippen LogP contribution in [0.2, 0.25) is 0 Å². The van der Waals surface area contributed by atoms with Crippen LogP contribution < -0.4 is 15.1 Å². The number of hydrogen-bond acceptors (Lipinski definition) is 5. The first-order chi connectivity index (χ1) is 14.4. The number of aryl methyl sites for hydroxylation is 2. The molecule has 5 rings (SSSR count). The molecular weight excluding hydrogens is 376 g/mol. The van der Waals surface area contributed by atoms with Gasteiger partial charge in [-0.25, -0.2) is 9.78 Å². The Labute approximate surface area is 178 Å². The van der Waals surface area contributed by atoms with Gasteiger partial charge in [0, 0.05) is 53.7 Å². The lowest BCUT2D eigenvalue weighted by molar-refractivity contribution is 0.248. The zero-order chi connectivity index (χ0) is 21.0. The number of urea groups is 1. The van der Waals surface area contributed by atoms with E-state index in [1.54, 1.807) is 0 Å². The zero-order valence-corrected chi connectivity index (χ0v) is 18.2. The predicted molar refractivity (Wildman–Crippen MR) is 120 cm³/mol. The van der Waals surface area contributed by atoms with E-state index in [1.807, 2.05) is 30.9 Å². The minimum atomic E-state index is -0.0920. The van der Waals surface area contributed by atoms with Crippen molar-refractivity contribution >= 4 is 23.4 Å². The monoisotopic (exact) mass is 406 g/mol. The Bertz CT molecular complexity index is 969. The Balaban J connectivity index is 1.42. The fourth-order valence-corrected chi connectivity index (χ4v) is 5.13. The quantitative estimate of drug-likeness (QED) is 0.845. The molecule has 7 nitrogen and oxygen atoms in total. The molecule has 4 heterocycles. The molecule has 7 heteroatoms. The summed E-state index contributed by atoms with van der Waals surface area (Å²) in [5.41, 5.74) is 3.81. The highest BCUT2D eigenvalue weighted by molar-refractivity contribution is 6.03. The molecule has 0 aromatic carbocycles. The third kappa shape index (κ3) is 3.21. The van der Waals surface area contributed by atoms with Gasteiger partial charge in [0.2, 0.25) is 0 Å². The number of fused-ring (bicyclic) bond motifs is 3. The summed E-state index contributed by atoms with van der Waals surface area (Å²) in [7, 11) is 4.27. The smallest absolute Gasteiger partial charge is 0.327 e. The number of carbonyl (C=O) groups is 1. The van der Waals surface area contributed by atoms with Crippen LogP contribution in [-0.4, -0.2) is 60.2 Å². The van der Waals surface area contributed by atoms with Gasteiger partial charge in [0.25, 0.3) is 0 Å². The van der Waals surface area contributed by atoms with Gasteiger partial charge in [-0.05, 0) is 65.4 Å². The molecule has 30 heavy (non-hydrogen) atoms. The van der Waals surface area contributed by atoms with Crippen molar-refractivity contribution in [3.8, 4) is 0 Å². The molecule has 1 saturated carbocycles. The van der Waals surface area contributed by atoms with E-state index >= 15 is 0 Å². The van der Waals surface area contributed by atoms with Gasteiger partial charge in [-0.15, -0.1) is 0 Å². The highest BCUT2D eigenvalue weighted by Gasteiger charge is 2.48. The second-order valence-electron chi connectivity index (χ2n) is 9.12. The third-order valence-electron chi connectivity index (χ3n) is 6.86. The van der Waals surface area contributed by atoms with Crippen LogP contribution in [0.1, 0.15) is 42.1 Å². The molecule has 3 aliphatic rings. The Hall–Kier alpha value is -2.67. The maximum absolute atomic E-state index is 13.3. The van der Waals surface area contributed by atoms with Crippen molar-refractivity contribution in [2.45, 2.75) is 51.1 Å². The van der Waals surface area contributed by atoms with Gasteiger partial charge in [-0.3, -0.25) is 9.88 Å². The van der Waals surface area contributed by atoms with E-state index in [0.717, 1.165) is 61.1 Å². The molecule has 1 saturated heterocycles. The normalized spacial score (nSPS) is 24.6. The summed E-state index contributed by atoms with van der Waals surface area (Å²) in [5.74, 6) is 2.24. The van der Waals surface area contributed by atoms with Crippen molar-refractivity contribution in [3.63, 3.8) is 0 Å². The molecule has 3 atom stereocenters. The van der Waals surface area contributed by atoms with Gasteiger partial charge >= 0.3 is 6.03 Å². The summed E-state index contributed by atoms with van der Waals surface area (Å²) in [5, 5.41) is 3.09. The molecule has 0 bridgehead atoms. The van der Waals surface area contributed by atoms with Crippen LogP contribution in [-0.2, 0) is 0 Å². The average Bonchev–Trinajstić information content (AvgIpc) is 3.22. The number of carbonyl (C=O) groups excluding carboxylic acids is 1. The van der Waals surface area contributed by atoms with E-state index in [2.05, 4.69) is 46.3 Å². The molecule has 0 spiro atoms. The van der Waals surface area contributed by atoms with E-state index in [0.29, 0.717) is 12.0 Å². The molecular formula is C23H30N6O. The van der Waals surface area contributed by atoms with E-state index in [4.69, 9.17) is 4.98 Å². The Kier molecular flexibility index (Phi) is 4.65. The van der Waals surface area contributed by atoms with Crippen molar-refractivity contribution in [3.05, 3.63) is 41.2 Å². The van der Waals surface area contributed by atoms with Crippen LogP contribution in [0.4, 0.5) is 22.1 Å². The maximum Gasteiger partial charge on any atom is 0.327 e. The van der Waals surface area contributed by atoms with Gasteiger partial charge in [-0.1, -0.05) is 6.07 Å². The Morgan fingerprint density at radius 1 is 1.10 bits per heavy atom. The van der Waals surface area contributed by atoms with Crippen LogP contribution in [0.15, 0.2) is 24.3 Å². The third-order valence-corrected chi connectivity index (χ3v) is 6.86. The largest absolute Gasteiger partial charge is 0.355 e. The second kappa shape index (κ2) is 7.23. The van der Waals surface area contributed by atoms with Crippen LogP contribution >= 0.6 is 0 Å². The minimum absolute atomic E-state index is 0.0920. The predicted octanol–water partition coefficient (Wildman–Crippen LogP) is 3.53. The summed E-state index contributed by atoms with van der Waals surface area (Å²) < 4.78 is 0. The van der Waals surface area contributed by atoms with Crippen LogP contribution in [0, 0.1) is 13.8 Å². The minimum Gasteiger partial charge on any atom is -0.355 e. The number of hydrogen-bond donors (Lipinski definition) is 1. The topological polar surface area (TPSA) is 64.6 Å². The van der Waals surface area contributed by atoms with Crippen molar-refractivity contribution in [1.82, 2.24) is 14.9 Å². The lowest BCUT2D eigenvalue weighted by atomic mass is 9.78. The summed E-state index contributed by atoms with van der Waals surface area (Å²) in [6.07, 6.45) is 3.30. The Morgan fingerprint density at radius 3 is 2.50 bits per heavy atom. The number of rotatable bonds is 3. The van der Waals surface area contributed by atoms with Crippen molar-refractivity contribution in [2.24, 2.45) is 0 Å². The number of nitrogens with one attached hydrogen (secondary N) is 1. The SMILES string of the molecule is Cc1cc(NC(=O)N2c3nc(N4CC[C@H](N(C)C)C4)ccc3C3CCC32)cc(C)n1. The van der Waals surface area contributed by atoms with E-state index < -0.39 is 0 Å². The average molecular weight is 407 g/mol. The number of anilines is 3. The molecule has 158 valence electrons. The van der Waals surface area contributed by atoms with Gasteiger partial charge < -0.3 is 15.1 Å². The van der Waals surface area contributed by atoms with Crippen molar-refractivity contribution in [2.75, 3.05) is 42.3 Å². The van der Waals surface area contributed by atoms with E-state index in [1.165, 1.54) is 5.56 Å². The van der Waals surface area contributed by atoms with Crippen molar-refractivity contribution in [1.29, 1.82) is 0 Å². The fourth-order valence-electron chi connectivity index (χ4n) is 5.13.